The second-order valence-electron chi connectivity index (χ2n) is 4.83. The fraction of sp³-hybridized carbons (Fsp3) is 0.429. The maximum absolute atomic E-state index is 12.2. The van der Waals surface area contributed by atoms with Gasteiger partial charge in [-0.05, 0) is 26.0 Å². The lowest BCUT2D eigenvalue weighted by molar-refractivity contribution is -0.133. The molecule has 124 valence electrons. The zero-order chi connectivity index (χ0) is 16.2. The van der Waals surface area contributed by atoms with E-state index in [4.69, 9.17) is 28.9 Å². The van der Waals surface area contributed by atoms with E-state index in [0.29, 0.717) is 6.54 Å². The van der Waals surface area contributed by atoms with Gasteiger partial charge in [0, 0.05) is 19.6 Å². The monoisotopic (exact) mass is 367 g/mol. The summed E-state index contributed by atoms with van der Waals surface area (Å²) in [6.07, 6.45) is 0. The van der Waals surface area contributed by atoms with E-state index in [2.05, 4.69) is 5.32 Å². The standard InChI is InChI=1S/C14H19Cl2N3O2.ClH/c1-8(7-17)19(3)14(21)9(2)18-13(20)10-5-4-6-11(15)12(10)16;/h4-6,8-9H,7,17H2,1-3H3,(H,18,20);1H. The minimum atomic E-state index is -0.688. The molecule has 1 aromatic rings. The van der Waals surface area contributed by atoms with Crippen molar-refractivity contribution in [2.45, 2.75) is 25.9 Å². The van der Waals surface area contributed by atoms with E-state index in [-0.39, 0.29) is 40.0 Å². The van der Waals surface area contributed by atoms with Crippen LogP contribution in [-0.2, 0) is 4.79 Å². The van der Waals surface area contributed by atoms with Crippen molar-refractivity contribution in [3.8, 4) is 0 Å². The van der Waals surface area contributed by atoms with E-state index in [9.17, 15) is 9.59 Å². The Bertz CT molecular complexity index is 540. The highest BCUT2D eigenvalue weighted by Crippen LogP contribution is 2.25. The molecule has 0 aromatic heterocycles. The second-order valence-corrected chi connectivity index (χ2v) is 5.62. The molecule has 2 atom stereocenters. The van der Waals surface area contributed by atoms with Crippen LogP contribution in [0.2, 0.25) is 10.0 Å². The molecule has 0 spiro atoms. The van der Waals surface area contributed by atoms with E-state index in [0.717, 1.165) is 0 Å². The topological polar surface area (TPSA) is 75.4 Å². The van der Waals surface area contributed by atoms with Gasteiger partial charge in [-0.1, -0.05) is 29.3 Å². The number of benzene rings is 1. The summed E-state index contributed by atoms with van der Waals surface area (Å²) in [5.74, 6) is -0.670. The fourth-order valence-corrected chi connectivity index (χ4v) is 2.08. The Kier molecular flexibility index (Phi) is 8.78. The number of carbonyl (C=O) groups is 2. The summed E-state index contributed by atoms with van der Waals surface area (Å²) in [6, 6.07) is 3.97. The first kappa shape index (κ1) is 21.0. The summed E-state index contributed by atoms with van der Waals surface area (Å²) in [5.41, 5.74) is 5.76. The van der Waals surface area contributed by atoms with Crippen LogP contribution in [0.15, 0.2) is 18.2 Å². The minimum Gasteiger partial charge on any atom is -0.340 e. The molecule has 1 aromatic carbocycles. The highest BCUT2D eigenvalue weighted by atomic mass is 35.5. The number of hydrogen-bond acceptors (Lipinski definition) is 3. The van der Waals surface area contributed by atoms with Gasteiger partial charge >= 0.3 is 0 Å². The molecule has 0 fully saturated rings. The lowest BCUT2D eigenvalue weighted by atomic mass is 10.2. The van der Waals surface area contributed by atoms with Crippen molar-refractivity contribution in [3.63, 3.8) is 0 Å². The Morgan fingerprint density at radius 1 is 1.32 bits per heavy atom. The van der Waals surface area contributed by atoms with Crippen LogP contribution in [-0.4, -0.2) is 42.4 Å². The van der Waals surface area contributed by atoms with Crippen molar-refractivity contribution in [1.82, 2.24) is 10.2 Å². The zero-order valence-electron chi connectivity index (χ0n) is 12.6. The van der Waals surface area contributed by atoms with Gasteiger partial charge in [0.1, 0.15) is 6.04 Å². The predicted molar refractivity (Wildman–Crippen MR) is 91.9 cm³/mol. The maximum Gasteiger partial charge on any atom is 0.253 e. The first-order valence-corrected chi connectivity index (χ1v) is 7.26. The summed E-state index contributed by atoms with van der Waals surface area (Å²) in [7, 11) is 1.65. The van der Waals surface area contributed by atoms with Crippen LogP contribution in [0, 0.1) is 0 Å². The molecule has 1 rings (SSSR count). The molecule has 0 aliphatic rings. The molecule has 8 heteroatoms. The van der Waals surface area contributed by atoms with Gasteiger partial charge in [0.2, 0.25) is 5.91 Å². The highest BCUT2D eigenvalue weighted by Gasteiger charge is 2.23. The van der Waals surface area contributed by atoms with Crippen LogP contribution < -0.4 is 11.1 Å². The van der Waals surface area contributed by atoms with Crippen LogP contribution in [0.4, 0.5) is 0 Å². The molecule has 0 saturated heterocycles. The second kappa shape index (κ2) is 9.20. The van der Waals surface area contributed by atoms with E-state index in [1.54, 1.807) is 32.2 Å². The highest BCUT2D eigenvalue weighted by molar-refractivity contribution is 6.43. The Balaban J connectivity index is 0.00000441. The fourth-order valence-electron chi connectivity index (χ4n) is 1.70. The quantitative estimate of drug-likeness (QED) is 0.837. The summed E-state index contributed by atoms with van der Waals surface area (Å²) in [5, 5.41) is 3.07. The predicted octanol–water partition coefficient (Wildman–Crippen LogP) is 2.34. The van der Waals surface area contributed by atoms with Crippen LogP contribution in [0.25, 0.3) is 0 Å². The van der Waals surface area contributed by atoms with E-state index >= 15 is 0 Å². The largest absolute Gasteiger partial charge is 0.340 e. The Morgan fingerprint density at radius 2 is 1.91 bits per heavy atom. The van der Waals surface area contributed by atoms with Gasteiger partial charge in [0.05, 0.1) is 15.6 Å². The maximum atomic E-state index is 12.2. The summed E-state index contributed by atoms with van der Waals surface area (Å²) < 4.78 is 0. The molecule has 0 aliphatic heterocycles. The van der Waals surface area contributed by atoms with E-state index < -0.39 is 11.9 Å². The van der Waals surface area contributed by atoms with Gasteiger partial charge in [-0.2, -0.15) is 0 Å². The number of amides is 2. The number of nitrogens with one attached hydrogen (secondary N) is 1. The zero-order valence-corrected chi connectivity index (χ0v) is 14.9. The number of rotatable bonds is 5. The Labute approximate surface area is 146 Å². The van der Waals surface area contributed by atoms with Gasteiger partial charge in [0.25, 0.3) is 5.91 Å². The molecular weight excluding hydrogens is 349 g/mol. The summed E-state index contributed by atoms with van der Waals surface area (Å²) in [6.45, 7) is 3.79. The average molecular weight is 369 g/mol. The molecule has 0 aliphatic carbocycles. The lowest BCUT2D eigenvalue weighted by Gasteiger charge is -2.27. The normalized spacial score (nSPS) is 12.8. The third kappa shape index (κ3) is 5.02. The number of nitrogens with two attached hydrogens (primary N) is 1. The Morgan fingerprint density at radius 3 is 2.45 bits per heavy atom. The van der Waals surface area contributed by atoms with Crippen molar-refractivity contribution in [1.29, 1.82) is 0 Å². The molecule has 0 saturated carbocycles. The van der Waals surface area contributed by atoms with Crippen LogP contribution >= 0.6 is 35.6 Å². The average Bonchev–Trinajstić information content (AvgIpc) is 2.47. The molecule has 3 N–H and O–H groups in total. The third-order valence-electron chi connectivity index (χ3n) is 3.26. The van der Waals surface area contributed by atoms with Crippen LogP contribution in [0.3, 0.4) is 0 Å². The van der Waals surface area contributed by atoms with Crippen molar-refractivity contribution in [3.05, 3.63) is 33.8 Å². The van der Waals surface area contributed by atoms with Crippen molar-refractivity contribution >= 4 is 47.4 Å². The Hall–Kier alpha value is -1.01. The summed E-state index contributed by atoms with van der Waals surface area (Å²) >= 11 is 11.8. The lowest BCUT2D eigenvalue weighted by Crippen LogP contribution is -2.49. The smallest absolute Gasteiger partial charge is 0.253 e. The molecule has 2 unspecified atom stereocenters. The first-order chi connectivity index (χ1) is 9.79. The number of carbonyl (C=O) groups excluding carboxylic acids is 2. The van der Waals surface area contributed by atoms with Gasteiger partial charge < -0.3 is 16.0 Å². The van der Waals surface area contributed by atoms with Gasteiger partial charge in [-0.25, -0.2) is 0 Å². The molecule has 2 amide bonds. The van der Waals surface area contributed by atoms with Gasteiger partial charge in [-0.15, -0.1) is 12.4 Å². The minimum absolute atomic E-state index is 0. The van der Waals surface area contributed by atoms with Crippen molar-refractivity contribution < 1.29 is 9.59 Å². The molecule has 0 bridgehead atoms. The first-order valence-electron chi connectivity index (χ1n) is 6.51. The molecule has 0 radical (unpaired) electrons. The molecular formula is C14H20Cl3N3O2. The van der Waals surface area contributed by atoms with Gasteiger partial charge in [-0.3, -0.25) is 9.59 Å². The third-order valence-corrected chi connectivity index (χ3v) is 4.08. The number of nitrogens with zero attached hydrogens (tertiary/aromatic N) is 1. The number of hydrogen-bond donors (Lipinski definition) is 2. The number of halogens is 3. The van der Waals surface area contributed by atoms with Crippen LogP contribution in [0.1, 0.15) is 24.2 Å². The van der Waals surface area contributed by atoms with Gasteiger partial charge in [0.15, 0.2) is 0 Å². The van der Waals surface area contributed by atoms with Crippen molar-refractivity contribution in [2.24, 2.45) is 5.73 Å². The molecule has 22 heavy (non-hydrogen) atoms. The van der Waals surface area contributed by atoms with Crippen LogP contribution in [0.5, 0.6) is 0 Å². The molecule has 5 nitrogen and oxygen atoms in total. The van der Waals surface area contributed by atoms with E-state index in [1.807, 2.05) is 6.92 Å². The van der Waals surface area contributed by atoms with Crippen molar-refractivity contribution in [2.75, 3.05) is 13.6 Å². The summed E-state index contributed by atoms with van der Waals surface area (Å²) in [4.78, 5) is 25.8. The van der Waals surface area contributed by atoms with E-state index in [1.165, 1.54) is 4.90 Å². The molecule has 0 heterocycles. The SMILES string of the molecule is CC(NC(=O)c1cccc(Cl)c1Cl)C(=O)N(C)C(C)CN.Cl. The number of likely N-dealkylation sites (N-methyl/N-ethyl adjacent to an activating group) is 1.